The van der Waals surface area contributed by atoms with E-state index >= 15 is 0 Å². The summed E-state index contributed by atoms with van der Waals surface area (Å²) in [5.74, 6) is 1.11. The molecule has 172 valence electrons. The quantitative estimate of drug-likeness (QED) is 0.648. The number of aromatic amines is 1. The smallest absolute Gasteiger partial charge is 0.246 e. The summed E-state index contributed by atoms with van der Waals surface area (Å²) in [4.78, 5) is 34.4. The molecule has 0 spiro atoms. The number of nitrogens with one attached hydrogen (secondary N) is 1. The predicted molar refractivity (Wildman–Crippen MR) is 125 cm³/mol. The van der Waals surface area contributed by atoms with E-state index in [0.29, 0.717) is 17.9 Å². The molecule has 0 unspecified atom stereocenters. The van der Waals surface area contributed by atoms with Gasteiger partial charge in [-0.25, -0.2) is 0 Å². The number of para-hydroxylation sites is 2. The van der Waals surface area contributed by atoms with E-state index in [-0.39, 0.29) is 24.4 Å². The summed E-state index contributed by atoms with van der Waals surface area (Å²) in [5.41, 5.74) is 3.80. The van der Waals surface area contributed by atoms with Crippen LogP contribution in [0.5, 0.6) is 11.5 Å². The maximum absolute atomic E-state index is 13.7. The highest BCUT2D eigenvalue weighted by molar-refractivity contribution is 5.98. The third-order valence-corrected chi connectivity index (χ3v) is 7.14. The number of piperazine rings is 1. The summed E-state index contributed by atoms with van der Waals surface area (Å²) in [5, 5.41) is 1.08. The van der Waals surface area contributed by atoms with E-state index in [2.05, 4.69) is 11.1 Å². The lowest BCUT2D eigenvalue weighted by Gasteiger charge is -2.48. The Bertz CT molecular complexity index is 1230. The van der Waals surface area contributed by atoms with Gasteiger partial charge < -0.3 is 24.3 Å². The number of rotatable bonds is 5. The van der Waals surface area contributed by atoms with Crippen LogP contribution in [0.2, 0.25) is 0 Å². The van der Waals surface area contributed by atoms with Crippen molar-refractivity contribution in [2.75, 3.05) is 20.8 Å². The van der Waals surface area contributed by atoms with Gasteiger partial charge in [-0.3, -0.25) is 9.59 Å². The van der Waals surface area contributed by atoms with Crippen LogP contribution in [0.25, 0.3) is 10.9 Å². The Labute approximate surface area is 193 Å². The van der Waals surface area contributed by atoms with Gasteiger partial charge in [-0.15, -0.1) is 0 Å². The zero-order chi connectivity index (χ0) is 23.3. The lowest BCUT2D eigenvalue weighted by molar-refractivity contribution is -0.160. The van der Waals surface area contributed by atoms with E-state index in [4.69, 9.17) is 9.47 Å². The Morgan fingerprint density at radius 2 is 1.88 bits per heavy atom. The SMILES string of the molecule is CC[C@H](C)N1CC(=O)N2[C@@H](c3cccc(OC)c3OC)c3[nH]c4ccccc4c3C[C@H]2C1=O. The molecule has 3 heterocycles. The zero-order valence-corrected chi connectivity index (χ0v) is 19.4. The van der Waals surface area contributed by atoms with Crippen LogP contribution in [0.1, 0.15) is 43.1 Å². The summed E-state index contributed by atoms with van der Waals surface area (Å²) < 4.78 is 11.3. The molecule has 2 aliphatic heterocycles. The van der Waals surface area contributed by atoms with Crippen molar-refractivity contribution in [3.63, 3.8) is 0 Å². The molecule has 1 fully saturated rings. The van der Waals surface area contributed by atoms with Crippen LogP contribution in [0, 0.1) is 0 Å². The van der Waals surface area contributed by atoms with Gasteiger partial charge in [-0.05, 0) is 31.0 Å². The van der Waals surface area contributed by atoms with Gasteiger partial charge in [0.1, 0.15) is 18.6 Å². The second-order valence-electron chi connectivity index (χ2n) is 8.79. The second kappa shape index (κ2) is 8.14. The van der Waals surface area contributed by atoms with E-state index in [9.17, 15) is 9.59 Å². The lowest BCUT2D eigenvalue weighted by atomic mass is 9.85. The third-order valence-electron chi connectivity index (χ3n) is 7.14. The minimum absolute atomic E-state index is 0.00624. The number of methoxy groups -OCH3 is 2. The number of carbonyl (C=O) groups excluding carboxylic acids is 2. The molecule has 2 amide bonds. The molecule has 0 aliphatic carbocycles. The highest BCUT2D eigenvalue weighted by Gasteiger charge is 2.49. The van der Waals surface area contributed by atoms with E-state index in [0.717, 1.165) is 34.1 Å². The van der Waals surface area contributed by atoms with E-state index in [1.54, 1.807) is 24.0 Å². The van der Waals surface area contributed by atoms with Gasteiger partial charge in [0.05, 0.1) is 14.2 Å². The molecule has 1 saturated heterocycles. The van der Waals surface area contributed by atoms with Crippen LogP contribution in [-0.4, -0.2) is 59.4 Å². The molecule has 1 N–H and O–H groups in total. The molecule has 0 saturated carbocycles. The fraction of sp³-hybridized carbons (Fsp3) is 0.385. The van der Waals surface area contributed by atoms with Crippen molar-refractivity contribution in [1.82, 2.24) is 14.8 Å². The number of nitrogens with zero attached hydrogens (tertiary/aromatic N) is 2. The highest BCUT2D eigenvalue weighted by atomic mass is 16.5. The summed E-state index contributed by atoms with van der Waals surface area (Å²) in [6, 6.07) is 12.7. The van der Waals surface area contributed by atoms with Gasteiger partial charge in [0.2, 0.25) is 11.8 Å². The van der Waals surface area contributed by atoms with Crippen LogP contribution in [0.3, 0.4) is 0 Å². The van der Waals surface area contributed by atoms with Gasteiger partial charge in [-0.2, -0.15) is 0 Å². The number of aromatic nitrogens is 1. The molecule has 5 rings (SSSR count). The molecule has 3 atom stereocenters. The number of ether oxygens (including phenoxy) is 2. The first-order chi connectivity index (χ1) is 16.0. The van der Waals surface area contributed by atoms with Crippen molar-refractivity contribution in [1.29, 1.82) is 0 Å². The maximum Gasteiger partial charge on any atom is 0.246 e. The van der Waals surface area contributed by atoms with Crippen molar-refractivity contribution in [2.24, 2.45) is 0 Å². The molecular weight excluding hydrogens is 418 g/mol. The Balaban J connectivity index is 1.75. The Hall–Kier alpha value is -3.48. The van der Waals surface area contributed by atoms with Gasteiger partial charge in [0.25, 0.3) is 0 Å². The topological polar surface area (TPSA) is 74.9 Å². The minimum atomic E-state index is -0.562. The van der Waals surface area contributed by atoms with Crippen LogP contribution in [-0.2, 0) is 16.0 Å². The largest absolute Gasteiger partial charge is 0.493 e. The van der Waals surface area contributed by atoms with E-state index in [1.165, 1.54) is 0 Å². The first-order valence-corrected chi connectivity index (χ1v) is 11.4. The van der Waals surface area contributed by atoms with E-state index < -0.39 is 12.1 Å². The zero-order valence-electron chi connectivity index (χ0n) is 19.4. The summed E-state index contributed by atoms with van der Waals surface area (Å²) in [7, 11) is 3.20. The molecule has 2 aliphatic rings. The summed E-state index contributed by atoms with van der Waals surface area (Å²) >= 11 is 0. The first-order valence-electron chi connectivity index (χ1n) is 11.4. The average molecular weight is 448 g/mol. The van der Waals surface area contributed by atoms with Crippen molar-refractivity contribution in [2.45, 2.75) is 44.8 Å². The van der Waals surface area contributed by atoms with Crippen LogP contribution in [0.4, 0.5) is 0 Å². The molecule has 0 bridgehead atoms. The van der Waals surface area contributed by atoms with Crippen LogP contribution < -0.4 is 9.47 Å². The van der Waals surface area contributed by atoms with Crippen LogP contribution in [0.15, 0.2) is 42.5 Å². The molecule has 2 aromatic carbocycles. The van der Waals surface area contributed by atoms with Gasteiger partial charge in [0, 0.05) is 34.6 Å². The molecule has 33 heavy (non-hydrogen) atoms. The van der Waals surface area contributed by atoms with Gasteiger partial charge >= 0.3 is 0 Å². The molecular formula is C26H29N3O4. The number of fused-ring (bicyclic) bond motifs is 4. The first kappa shape index (κ1) is 21.4. The summed E-state index contributed by atoms with van der Waals surface area (Å²) in [6.45, 7) is 4.13. The lowest BCUT2D eigenvalue weighted by Crippen LogP contribution is -2.64. The number of H-pyrrole nitrogens is 1. The number of amides is 2. The second-order valence-corrected chi connectivity index (χ2v) is 8.79. The predicted octanol–water partition coefficient (Wildman–Crippen LogP) is 3.67. The van der Waals surface area contributed by atoms with E-state index in [1.807, 2.05) is 50.2 Å². The third kappa shape index (κ3) is 3.17. The minimum Gasteiger partial charge on any atom is -0.493 e. The number of benzene rings is 2. The molecule has 7 nitrogen and oxygen atoms in total. The number of carbonyl (C=O) groups is 2. The summed E-state index contributed by atoms with van der Waals surface area (Å²) in [6.07, 6.45) is 1.29. The molecule has 1 aromatic heterocycles. The monoisotopic (exact) mass is 447 g/mol. The van der Waals surface area contributed by atoms with Crippen molar-refractivity contribution < 1.29 is 19.1 Å². The average Bonchev–Trinajstić information content (AvgIpc) is 3.22. The standard InChI is InChI=1S/C26H29N3O4/c1-5-15(2)28-14-22(30)29-20(26(28)31)13-18-16-9-6-7-11-19(16)27-23(18)24(29)17-10-8-12-21(32-3)25(17)33-4/h6-12,15,20,24,27H,5,13-14H2,1-4H3/t15-,20-,24-/m0/s1. The Morgan fingerprint density at radius 1 is 1.09 bits per heavy atom. The maximum atomic E-state index is 13.7. The number of hydrogen-bond acceptors (Lipinski definition) is 4. The molecule has 7 heteroatoms. The Morgan fingerprint density at radius 3 is 2.61 bits per heavy atom. The van der Waals surface area contributed by atoms with Gasteiger partial charge in [-0.1, -0.05) is 37.3 Å². The fourth-order valence-electron chi connectivity index (χ4n) is 5.33. The fourth-order valence-corrected chi connectivity index (χ4v) is 5.33. The normalized spacial score (nSPS) is 21.1. The highest BCUT2D eigenvalue weighted by Crippen LogP contribution is 2.47. The Kier molecular flexibility index (Phi) is 5.27. The van der Waals surface area contributed by atoms with Crippen molar-refractivity contribution >= 4 is 22.7 Å². The van der Waals surface area contributed by atoms with Crippen molar-refractivity contribution in [3.05, 3.63) is 59.3 Å². The molecule has 3 aromatic rings. The van der Waals surface area contributed by atoms with Crippen LogP contribution >= 0.6 is 0 Å². The number of hydrogen-bond donors (Lipinski definition) is 1. The molecule has 0 radical (unpaired) electrons. The van der Waals surface area contributed by atoms with Crippen molar-refractivity contribution in [3.8, 4) is 11.5 Å². The van der Waals surface area contributed by atoms with Gasteiger partial charge in [0.15, 0.2) is 11.5 Å².